The SMILES string of the molecule is CC1CC2CC(c3nn(C)c(N)c3C(=O)Nc3ccc(F)c(Cl)c3)CC2C1. The van der Waals surface area contributed by atoms with Gasteiger partial charge in [-0.3, -0.25) is 9.48 Å². The molecule has 2 aromatic rings. The first kappa shape index (κ1) is 18.3. The lowest BCUT2D eigenvalue weighted by Gasteiger charge is -2.13. The predicted molar refractivity (Wildman–Crippen MR) is 104 cm³/mol. The fraction of sp³-hybridized carbons (Fsp3) is 0.500. The fourth-order valence-electron chi connectivity index (χ4n) is 4.99. The Labute approximate surface area is 163 Å². The molecule has 2 fully saturated rings. The molecule has 2 atom stereocenters. The van der Waals surface area contributed by atoms with E-state index in [0.717, 1.165) is 36.3 Å². The Morgan fingerprint density at radius 1 is 1.30 bits per heavy atom. The number of aryl methyl sites for hydroxylation is 1. The van der Waals surface area contributed by atoms with Crippen LogP contribution in [-0.2, 0) is 7.05 Å². The minimum atomic E-state index is -0.525. The highest BCUT2D eigenvalue weighted by molar-refractivity contribution is 6.31. The Kier molecular flexibility index (Phi) is 4.62. The molecule has 2 aliphatic carbocycles. The van der Waals surface area contributed by atoms with Crippen molar-refractivity contribution in [1.82, 2.24) is 9.78 Å². The maximum Gasteiger partial charge on any atom is 0.261 e. The molecule has 1 aromatic carbocycles. The Bertz CT molecular complexity index is 882. The van der Waals surface area contributed by atoms with Crippen molar-refractivity contribution in [3.63, 3.8) is 0 Å². The van der Waals surface area contributed by atoms with Gasteiger partial charge in [-0.15, -0.1) is 0 Å². The van der Waals surface area contributed by atoms with Crippen LogP contribution in [0.3, 0.4) is 0 Å². The van der Waals surface area contributed by atoms with Gasteiger partial charge in [0.25, 0.3) is 5.91 Å². The zero-order valence-corrected chi connectivity index (χ0v) is 16.3. The van der Waals surface area contributed by atoms with Gasteiger partial charge >= 0.3 is 0 Å². The molecule has 1 amide bonds. The van der Waals surface area contributed by atoms with Gasteiger partial charge in [0, 0.05) is 18.7 Å². The van der Waals surface area contributed by atoms with E-state index >= 15 is 0 Å². The molecule has 1 aromatic heterocycles. The number of nitrogens with one attached hydrogen (secondary N) is 1. The van der Waals surface area contributed by atoms with Gasteiger partial charge in [-0.25, -0.2) is 4.39 Å². The van der Waals surface area contributed by atoms with Crippen LogP contribution >= 0.6 is 11.6 Å². The van der Waals surface area contributed by atoms with Crippen molar-refractivity contribution in [3.05, 3.63) is 40.3 Å². The molecule has 3 N–H and O–H groups in total. The van der Waals surface area contributed by atoms with E-state index in [2.05, 4.69) is 17.3 Å². The van der Waals surface area contributed by atoms with Crippen molar-refractivity contribution in [2.45, 2.75) is 38.5 Å². The van der Waals surface area contributed by atoms with Gasteiger partial charge in [0.15, 0.2) is 0 Å². The summed E-state index contributed by atoms with van der Waals surface area (Å²) < 4.78 is 14.9. The molecule has 0 saturated heterocycles. The van der Waals surface area contributed by atoms with Gasteiger partial charge in [0.1, 0.15) is 17.2 Å². The van der Waals surface area contributed by atoms with E-state index in [-0.39, 0.29) is 16.8 Å². The van der Waals surface area contributed by atoms with E-state index in [1.54, 1.807) is 11.7 Å². The van der Waals surface area contributed by atoms with Gasteiger partial charge < -0.3 is 11.1 Å². The molecule has 2 saturated carbocycles. The Hall–Kier alpha value is -2.08. The molecule has 0 bridgehead atoms. The number of carbonyl (C=O) groups excluding carboxylic acids is 1. The molecule has 2 unspecified atom stereocenters. The number of nitrogen functional groups attached to an aromatic ring is 1. The highest BCUT2D eigenvalue weighted by atomic mass is 35.5. The molecular formula is C20H24ClFN4O. The highest BCUT2D eigenvalue weighted by Gasteiger charge is 2.43. The van der Waals surface area contributed by atoms with Crippen LogP contribution in [-0.4, -0.2) is 15.7 Å². The minimum absolute atomic E-state index is 0.0371. The number of fused-ring (bicyclic) bond motifs is 1. The third-order valence-corrected chi connectivity index (χ3v) is 6.45. The molecule has 7 heteroatoms. The number of aromatic nitrogens is 2. The molecule has 0 spiro atoms. The zero-order chi connectivity index (χ0) is 19.3. The summed E-state index contributed by atoms with van der Waals surface area (Å²) in [5.74, 6) is 1.99. The molecule has 2 aliphatic rings. The molecule has 27 heavy (non-hydrogen) atoms. The molecule has 144 valence electrons. The number of amides is 1. The lowest BCUT2D eigenvalue weighted by Crippen LogP contribution is -2.16. The fourth-order valence-corrected chi connectivity index (χ4v) is 5.17. The number of hydrogen-bond acceptors (Lipinski definition) is 3. The van der Waals surface area contributed by atoms with E-state index in [4.69, 9.17) is 17.3 Å². The summed E-state index contributed by atoms with van der Waals surface area (Å²) in [6.07, 6.45) is 4.65. The number of halogens is 2. The number of benzene rings is 1. The third-order valence-electron chi connectivity index (χ3n) is 6.16. The van der Waals surface area contributed by atoms with Crippen LogP contribution in [0.25, 0.3) is 0 Å². The molecule has 4 rings (SSSR count). The second-order valence-electron chi connectivity index (χ2n) is 8.12. The van der Waals surface area contributed by atoms with Crippen LogP contribution in [0.4, 0.5) is 15.9 Å². The van der Waals surface area contributed by atoms with Crippen LogP contribution in [0, 0.1) is 23.6 Å². The topological polar surface area (TPSA) is 72.9 Å². The second kappa shape index (κ2) is 6.82. The van der Waals surface area contributed by atoms with Crippen LogP contribution in [0.15, 0.2) is 18.2 Å². The van der Waals surface area contributed by atoms with E-state index in [1.165, 1.54) is 31.0 Å². The summed E-state index contributed by atoms with van der Waals surface area (Å²) >= 11 is 5.81. The molecule has 1 heterocycles. The van der Waals surface area contributed by atoms with Crippen molar-refractivity contribution >= 4 is 29.0 Å². The van der Waals surface area contributed by atoms with E-state index in [1.807, 2.05) is 0 Å². The van der Waals surface area contributed by atoms with Crippen molar-refractivity contribution in [1.29, 1.82) is 0 Å². The lowest BCUT2D eigenvalue weighted by atomic mass is 9.94. The van der Waals surface area contributed by atoms with Gasteiger partial charge in [-0.1, -0.05) is 18.5 Å². The van der Waals surface area contributed by atoms with Crippen molar-refractivity contribution in [3.8, 4) is 0 Å². The summed E-state index contributed by atoms with van der Waals surface area (Å²) in [6.45, 7) is 2.32. The summed E-state index contributed by atoms with van der Waals surface area (Å²) in [5.41, 5.74) is 7.81. The van der Waals surface area contributed by atoms with Gasteiger partial charge in [0.05, 0.1) is 10.7 Å². The van der Waals surface area contributed by atoms with E-state index in [9.17, 15) is 9.18 Å². The van der Waals surface area contributed by atoms with Gasteiger partial charge in [0.2, 0.25) is 0 Å². The number of anilines is 2. The normalized spacial score (nSPS) is 27.0. The Morgan fingerprint density at radius 3 is 2.59 bits per heavy atom. The van der Waals surface area contributed by atoms with Crippen LogP contribution in [0.1, 0.15) is 54.6 Å². The average molecular weight is 391 g/mol. The van der Waals surface area contributed by atoms with Crippen LogP contribution in [0.2, 0.25) is 5.02 Å². The van der Waals surface area contributed by atoms with Crippen molar-refractivity contribution in [2.75, 3.05) is 11.1 Å². The maximum absolute atomic E-state index is 13.4. The quantitative estimate of drug-likeness (QED) is 0.805. The first-order valence-electron chi connectivity index (χ1n) is 9.42. The minimum Gasteiger partial charge on any atom is -0.383 e. The summed E-state index contributed by atoms with van der Waals surface area (Å²) in [7, 11) is 1.75. The number of nitrogens with two attached hydrogens (primary N) is 1. The van der Waals surface area contributed by atoms with Crippen LogP contribution < -0.4 is 11.1 Å². The highest BCUT2D eigenvalue weighted by Crippen LogP contribution is 2.52. The molecule has 5 nitrogen and oxygen atoms in total. The predicted octanol–water partition coefficient (Wildman–Crippen LogP) is 4.59. The van der Waals surface area contributed by atoms with Crippen molar-refractivity contribution < 1.29 is 9.18 Å². The number of nitrogens with zero attached hydrogens (tertiary/aromatic N) is 2. The first-order chi connectivity index (χ1) is 12.8. The van der Waals surface area contributed by atoms with E-state index in [0.29, 0.717) is 17.1 Å². The number of carbonyl (C=O) groups is 1. The van der Waals surface area contributed by atoms with Gasteiger partial charge in [-0.05, 0) is 61.6 Å². The summed E-state index contributed by atoms with van der Waals surface area (Å²) in [6, 6.07) is 4.10. The molecular weight excluding hydrogens is 367 g/mol. The average Bonchev–Trinajstić information content (AvgIpc) is 3.22. The zero-order valence-electron chi connectivity index (χ0n) is 15.5. The maximum atomic E-state index is 13.4. The first-order valence-corrected chi connectivity index (χ1v) is 9.80. The molecule has 0 aliphatic heterocycles. The smallest absolute Gasteiger partial charge is 0.261 e. The van der Waals surface area contributed by atoms with Crippen LogP contribution in [0.5, 0.6) is 0 Å². The number of rotatable bonds is 3. The van der Waals surface area contributed by atoms with Crippen molar-refractivity contribution in [2.24, 2.45) is 24.8 Å². The Morgan fingerprint density at radius 2 is 1.96 bits per heavy atom. The van der Waals surface area contributed by atoms with E-state index < -0.39 is 5.82 Å². The standard InChI is InChI=1S/C20H24ClFN4O/c1-10-5-11-7-13(8-12(11)6-10)18-17(19(23)26(2)25-18)20(27)24-14-3-4-16(22)15(21)9-14/h3-4,9-13H,5-8,23H2,1-2H3,(H,24,27). The summed E-state index contributed by atoms with van der Waals surface area (Å²) in [5, 5.41) is 7.32. The largest absolute Gasteiger partial charge is 0.383 e. The summed E-state index contributed by atoms with van der Waals surface area (Å²) in [4.78, 5) is 12.9. The Balaban J connectivity index is 1.59. The lowest BCUT2D eigenvalue weighted by molar-refractivity contribution is 0.102. The third kappa shape index (κ3) is 3.31. The monoisotopic (exact) mass is 390 g/mol. The van der Waals surface area contributed by atoms with Gasteiger partial charge in [-0.2, -0.15) is 5.10 Å². The second-order valence-corrected chi connectivity index (χ2v) is 8.52. The molecule has 0 radical (unpaired) electrons. The number of hydrogen-bond donors (Lipinski definition) is 2.